The highest BCUT2D eigenvalue weighted by atomic mass is 16.5. The summed E-state index contributed by atoms with van der Waals surface area (Å²) in [6, 6.07) is 9.36. The summed E-state index contributed by atoms with van der Waals surface area (Å²) in [4.78, 5) is 10.1. The molecule has 0 fully saturated rings. The molecule has 91 valence electrons. The predicted octanol–water partition coefficient (Wildman–Crippen LogP) is 2.07. The molecule has 0 saturated heterocycles. The molecule has 2 atom stereocenters. The normalized spacial score (nSPS) is 15.9. The molecule has 3 heteroatoms. The Bertz CT molecular complexity index is 333. The minimum Gasteiger partial charge on any atom is -0.465 e. The molecule has 0 spiro atoms. The third kappa shape index (κ3) is 4.57. The van der Waals surface area contributed by atoms with E-state index in [0.29, 0.717) is 6.47 Å². The van der Waals surface area contributed by atoms with Crippen LogP contribution in [0.4, 0.5) is 0 Å². The lowest BCUT2D eigenvalue weighted by Gasteiger charge is -2.23. The minimum atomic E-state index is -1.03. The van der Waals surface area contributed by atoms with Gasteiger partial charge in [0.1, 0.15) is 6.10 Å². The third-order valence-corrected chi connectivity index (χ3v) is 2.43. The minimum absolute atomic E-state index is 0.296. The van der Waals surface area contributed by atoms with Crippen molar-refractivity contribution in [1.82, 2.24) is 0 Å². The number of hydrogen-bond acceptors (Lipinski definition) is 3. The number of carbonyl (C=O) groups excluding carboxylic acids is 1. The molecular weight excluding hydrogens is 216 g/mol. The van der Waals surface area contributed by atoms with Crippen molar-refractivity contribution in [3.63, 3.8) is 0 Å². The lowest BCUT2D eigenvalue weighted by atomic mass is 9.90. The van der Waals surface area contributed by atoms with Crippen LogP contribution in [-0.4, -0.2) is 17.7 Å². The number of carbonyl (C=O) groups is 1. The van der Waals surface area contributed by atoms with Crippen molar-refractivity contribution in [2.45, 2.75) is 25.6 Å². The molecule has 0 amide bonds. The molecule has 3 radical (unpaired) electrons. The van der Waals surface area contributed by atoms with E-state index in [1.807, 2.05) is 30.3 Å². The maximum Gasteiger partial charge on any atom is 0.293 e. The Hall–Kier alpha value is -1.35. The van der Waals surface area contributed by atoms with E-state index in [2.05, 4.69) is 0 Å². The molecular formula is C14H17O3. The van der Waals surface area contributed by atoms with Crippen molar-refractivity contribution < 1.29 is 14.6 Å². The number of benzene rings is 1. The van der Waals surface area contributed by atoms with Gasteiger partial charge in [0.05, 0.1) is 5.60 Å². The summed E-state index contributed by atoms with van der Waals surface area (Å²) in [6.45, 7) is 3.86. The van der Waals surface area contributed by atoms with Gasteiger partial charge < -0.3 is 9.84 Å². The van der Waals surface area contributed by atoms with Gasteiger partial charge >= 0.3 is 0 Å². The average molecular weight is 233 g/mol. The van der Waals surface area contributed by atoms with Crippen molar-refractivity contribution >= 4 is 6.47 Å². The second-order valence-corrected chi connectivity index (χ2v) is 4.00. The van der Waals surface area contributed by atoms with E-state index < -0.39 is 5.60 Å². The lowest BCUT2D eigenvalue weighted by molar-refractivity contribution is -0.131. The Labute approximate surface area is 102 Å². The molecule has 0 unspecified atom stereocenters. The first-order valence-electron chi connectivity index (χ1n) is 5.46. The van der Waals surface area contributed by atoms with Gasteiger partial charge in [-0.1, -0.05) is 30.3 Å². The second-order valence-electron chi connectivity index (χ2n) is 4.00. The van der Waals surface area contributed by atoms with Crippen LogP contribution in [-0.2, 0) is 15.1 Å². The molecule has 1 aromatic rings. The fraction of sp³-hybridized carbons (Fsp3) is 0.286. The van der Waals surface area contributed by atoms with Crippen LogP contribution in [0.15, 0.2) is 30.3 Å². The van der Waals surface area contributed by atoms with Crippen molar-refractivity contribution in [1.29, 1.82) is 0 Å². The summed E-state index contributed by atoms with van der Waals surface area (Å²) in [5.74, 6) is 0. The molecule has 0 heterocycles. The Balaban J connectivity index is 2.42. The van der Waals surface area contributed by atoms with E-state index in [9.17, 15) is 9.90 Å². The van der Waals surface area contributed by atoms with Crippen LogP contribution in [0, 0.1) is 19.3 Å². The van der Waals surface area contributed by atoms with Gasteiger partial charge in [0, 0.05) is 12.8 Å². The SMILES string of the molecule is C[C@H]([CH][CH][CH][C@@](C)(O)c1ccccc1)OC=O. The van der Waals surface area contributed by atoms with Crippen LogP contribution < -0.4 is 0 Å². The highest BCUT2D eigenvalue weighted by Crippen LogP contribution is 2.25. The fourth-order valence-corrected chi connectivity index (χ4v) is 1.40. The maximum absolute atomic E-state index is 10.2. The van der Waals surface area contributed by atoms with Gasteiger partial charge in [-0.3, -0.25) is 4.79 Å². The molecule has 3 nitrogen and oxygen atoms in total. The van der Waals surface area contributed by atoms with Crippen molar-refractivity contribution in [2.24, 2.45) is 0 Å². The molecule has 1 N–H and O–H groups in total. The Kier molecular flexibility index (Phi) is 5.16. The molecule has 0 saturated carbocycles. The molecule has 0 bridgehead atoms. The van der Waals surface area contributed by atoms with Gasteiger partial charge in [0.15, 0.2) is 0 Å². The topological polar surface area (TPSA) is 46.5 Å². The molecule has 0 aromatic heterocycles. The van der Waals surface area contributed by atoms with Gasteiger partial charge in [-0.25, -0.2) is 0 Å². The first-order valence-corrected chi connectivity index (χ1v) is 5.46. The summed E-state index contributed by atoms with van der Waals surface area (Å²) >= 11 is 0. The molecule has 1 aromatic carbocycles. The summed E-state index contributed by atoms with van der Waals surface area (Å²) in [6.07, 6.45) is 4.76. The first kappa shape index (κ1) is 13.7. The number of aliphatic hydroxyl groups is 1. The Morgan fingerprint density at radius 3 is 2.59 bits per heavy atom. The second kappa shape index (κ2) is 6.40. The highest BCUT2D eigenvalue weighted by Gasteiger charge is 2.22. The number of rotatable bonds is 7. The van der Waals surface area contributed by atoms with Gasteiger partial charge in [-0.15, -0.1) is 0 Å². The largest absolute Gasteiger partial charge is 0.465 e. The van der Waals surface area contributed by atoms with Gasteiger partial charge in [-0.05, 0) is 25.8 Å². The lowest BCUT2D eigenvalue weighted by Crippen LogP contribution is -2.23. The van der Waals surface area contributed by atoms with Crippen LogP contribution in [0.2, 0.25) is 0 Å². The van der Waals surface area contributed by atoms with Crippen molar-refractivity contribution in [3.8, 4) is 0 Å². The first-order chi connectivity index (χ1) is 8.06. The number of ether oxygens (including phenoxy) is 1. The maximum atomic E-state index is 10.2. The van der Waals surface area contributed by atoms with Crippen molar-refractivity contribution in [3.05, 3.63) is 55.2 Å². The summed E-state index contributed by atoms with van der Waals surface area (Å²) < 4.78 is 4.69. The van der Waals surface area contributed by atoms with Gasteiger partial charge in [-0.2, -0.15) is 0 Å². The van der Waals surface area contributed by atoms with Gasteiger partial charge in [0.2, 0.25) is 0 Å². The average Bonchev–Trinajstić information content (AvgIpc) is 2.30. The van der Waals surface area contributed by atoms with Crippen LogP contribution in [0.3, 0.4) is 0 Å². The van der Waals surface area contributed by atoms with Gasteiger partial charge in [0.25, 0.3) is 6.47 Å². The van der Waals surface area contributed by atoms with E-state index in [1.54, 1.807) is 33.1 Å². The Morgan fingerprint density at radius 2 is 2.00 bits per heavy atom. The van der Waals surface area contributed by atoms with E-state index in [4.69, 9.17) is 4.74 Å². The summed E-state index contributed by atoms with van der Waals surface area (Å²) in [5, 5.41) is 10.2. The van der Waals surface area contributed by atoms with Crippen LogP contribution >= 0.6 is 0 Å². The third-order valence-electron chi connectivity index (χ3n) is 2.43. The molecule has 1 rings (SSSR count). The molecule has 0 aliphatic heterocycles. The zero-order chi connectivity index (χ0) is 12.7. The molecule has 0 aliphatic carbocycles. The summed E-state index contributed by atoms with van der Waals surface area (Å²) in [5.41, 5.74) is -0.216. The van der Waals surface area contributed by atoms with Crippen LogP contribution in [0.25, 0.3) is 0 Å². The van der Waals surface area contributed by atoms with Crippen LogP contribution in [0.5, 0.6) is 0 Å². The van der Waals surface area contributed by atoms with E-state index in [0.717, 1.165) is 5.56 Å². The molecule has 17 heavy (non-hydrogen) atoms. The zero-order valence-corrected chi connectivity index (χ0v) is 10.0. The monoisotopic (exact) mass is 233 g/mol. The van der Waals surface area contributed by atoms with E-state index >= 15 is 0 Å². The standard InChI is InChI=1S/C14H17O3/c1-12(17-11-15)7-6-10-14(2,16)13-8-4-3-5-9-13/h3-12,16H,1-2H3/t12-,14-/m1/s1. The predicted molar refractivity (Wildman–Crippen MR) is 65.5 cm³/mol. The molecule has 0 aliphatic rings. The number of hydrogen-bond donors (Lipinski definition) is 1. The smallest absolute Gasteiger partial charge is 0.293 e. The Morgan fingerprint density at radius 1 is 1.35 bits per heavy atom. The quantitative estimate of drug-likeness (QED) is 0.733. The van der Waals surface area contributed by atoms with E-state index in [1.165, 1.54) is 0 Å². The highest BCUT2D eigenvalue weighted by molar-refractivity contribution is 5.38. The van der Waals surface area contributed by atoms with E-state index in [-0.39, 0.29) is 6.10 Å². The van der Waals surface area contributed by atoms with Crippen LogP contribution in [0.1, 0.15) is 19.4 Å². The van der Waals surface area contributed by atoms with Crippen molar-refractivity contribution in [2.75, 3.05) is 0 Å². The summed E-state index contributed by atoms with van der Waals surface area (Å²) in [7, 11) is 0. The zero-order valence-electron chi connectivity index (χ0n) is 10.0. The fourth-order valence-electron chi connectivity index (χ4n) is 1.40.